The highest BCUT2D eigenvalue weighted by Gasteiger charge is 2.16. The molecule has 0 radical (unpaired) electrons. The normalized spacial score (nSPS) is 15.7. The van der Waals surface area contributed by atoms with Gasteiger partial charge in [0.25, 0.3) is 0 Å². The Morgan fingerprint density at radius 3 is 2.77 bits per heavy atom. The number of benzene rings is 1. The van der Waals surface area contributed by atoms with Gasteiger partial charge in [-0.25, -0.2) is 0 Å². The number of aromatic nitrogens is 2. The maximum absolute atomic E-state index is 12.1. The van der Waals surface area contributed by atoms with Crippen molar-refractivity contribution in [3.63, 3.8) is 0 Å². The zero-order chi connectivity index (χ0) is 15.4. The first-order valence-electron chi connectivity index (χ1n) is 7.33. The molecule has 0 bridgehead atoms. The van der Waals surface area contributed by atoms with E-state index < -0.39 is 0 Å². The van der Waals surface area contributed by atoms with E-state index in [-0.39, 0.29) is 5.91 Å². The average Bonchev–Trinajstić information content (AvgIpc) is 2.97. The lowest BCUT2D eigenvalue weighted by Gasteiger charge is -2.25. The Morgan fingerprint density at radius 2 is 2.00 bits per heavy atom. The number of halogens is 1. The quantitative estimate of drug-likeness (QED) is 0.930. The summed E-state index contributed by atoms with van der Waals surface area (Å²) < 4.78 is 0. The van der Waals surface area contributed by atoms with Crippen LogP contribution in [-0.4, -0.2) is 40.6 Å². The SMILES string of the molecule is O=C(CN1CCCCC1)Nc1nnc(-c2ccccc2Cl)s1. The maximum atomic E-state index is 12.1. The van der Waals surface area contributed by atoms with Crippen molar-refractivity contribution in [3.05, 3.63) is 29.3 Å². The first-order chi connectivity index (χ1) is 10.7. The Balaban J connectivity index is 1.62. The fraction of sp³-hybridized carbons (Fsp3) is 0.400. The van der Waals surface area contributed by atoms with E-state index in [1.807, 2.05) is 24.3 Å². The van der Waals surface area contributed by atoms with Gasteiger partial charge in [-0.3, -0.25) is 15.0 Å². The first-order valence-corrected chi connectivity index (χ1v) is 8.52. The monoisotopic (exact) mass is 336 g/mol. The molecule has 1 fully saturated rings. The Kier molecular flexibility index (Phi) is 5.02. The van der Waals surface area contributed by atoms with Gasteiger partial charge >= 0.3 is 0 Å². The molecule has 0 saturated carbocycles. The van der Waals surface area contributed by atoms with Crippen LogP contribution in [0.5, 0.6) is 0 Å². The number of amides is 1. The number of piperidine rings is 1. The van der Waals surface area contributed by atoms with Crippen molar-refractivity contribution in [2.45, 2.75) is 19.3 Å². The van der Waals surface area contributed by atoms with Crippen LogP contribution in [0, 0.1) is 0 Å². The van der Waals surface area contributed by atoms with Crippen molar-refractivity contribution < 1.29 is 4.79 Å². The van der Waals surface area contributed by atoms with Crippen molar-refractivity contribution in [1.82, 2.24) is 15.1 Å². The molecule has 0 aliphatic carbocycles. The Hall–Kier alpha value is -1.50. The van der Waals surface area contributed by atoms with Crippen molar-refractivity contribution in [1.29, 1.82) is 0 Å². The molecule has 116 valence electrons. The third-order valence-corrected chi connectivity index (χ3v) is 4.79. The third-order valence-electron chi connectivity index (χ3n) is 3.59. The lowest BCUT2D eigenvalue weighted by Crippen LogP contribution is -2.36. The van der Waals surface area contributed by atoms with Gasteiger partial charge in [0.1, 0.15) is 0 Å². The molecule has 0 unspecified atom stereocenters. The molecule has 1 saturated heterocycles. The largest absolute Gasteiger partial charge is 0.299 e. The molecule has 1 N–H and O–H groups in total. The van der Waals surface area contributed by atoms with E-state index in [1.54, 1.807) is 0 Å². The number of hydrogen-bond acceptors (Lipinski definition) is 5. The smallest absolute Gasteiger partial charge is 0.240 e. The second kappa shape index (κ2) is 7.17. The minimum absolute atomic E-state index is 0.0382. The van der Waals surface area contributed by atoms with Gasteiger partial charge in [0.2, 0.25) is 11.0 Å². The molecule has 0 spiro atoms. The molecule has 1 aromatic heterocycles. The van der Waals surface area contributed by atoms with Gasteiger partial charge in [-0.15, -0.1) is 10.2 Å². The molecule has 1 aliphatic rings. The minimum atomic E-state index is -0.0382. The number of anilines is 1. The van der Waals surface area contributed by atoms with Crippen LogP contribution in [0.25, 0.3) is 10.6 Å². The molecule has 1 aliphatic heterocycles. The number of hydrogen-bond donors (Lipinski definition) is 1. The van der Waals surface area contributed by atoms with E-state index >= 15 is 0 Å². The van der Waals surface area contributed by atoms with Gasteiger partial charge in [0.15, 0.2) is 5.01 Å². The van der Waals surface area contributed by atoms with Gasteiger partial charge in [0.05, 0.1) is 11.6 Å². The van der Waals surface area contributed by atoms with Crippen molar-refractivity contribution in [3.8, 4) is 10.6 Å². The summed E-state index contributed by atoms with van der Waals surface area (Å²) in [7, 11) is 0. The van der Waals surface area contributed by atoms with Crippen molar-refractivity contribution in [2.24, 2.45) is 0 Å². The summed E-state index contributed by atoms with van der Waals surface area (Å²) in [6.07, 6.45) is 3.60. The summed E-state index contributed by atoms with van der Waals surface area (Å²) in [4.78, 5) is 14.2. The zero-order valence-corrected chi connectivity index (χ0v) is 13.7. The van der Waals surface area contributed by atoms with Crippen LogP contribution in [0.15, 0.2) is 24.3 Å². The topological polar surface area (TPSA) is 58.1 Å². The van der Waals surface area contributed by atoms with Crippen LogP contribution in [-0.2, 0) is 4.79 Å². The van der Waals surface area contributed by atoms with E-state index in [1.165, 1.54) is 30.6 Å². The molecule has 22 heavy (non-hydrogen) atoms. The predicted octanol–water partition coefficient (Wildman–Crippen LogP) is 3.28. The maximum Gasteiger partial charge on any atom is 0.240 e. The number of likely N-dealkylation sites (tertiary alicyclic amines) is 1. The van der Waals surface area contributed by atoms with Gasteiger partial charge < -0.3 is 0 Å². The summed E-state index contributed by atoms with van der Waals surface area (Å²) in [6.45, 7) is 2.41. The molecular weight excluding hydrogens is 320 g/mol. The summed E-state index contributed by atoms with van der Waals surface area (Å²) in [6, 6.07) is 7.47. The van der Waals surface area contributed by atoms with E-state index in [0.717, 1.165) is 18.7 Å². The van der Waals surface area contributed by atoms with Crippen LogP contribution in [0.1, 0.15) is 19.3 Å². The standard InChI is InChI=1S/C15H17ClN4OS/c16-12-7-3-2-6-11(12)14-18-19-15(22-14)17-13(21)10-20-8-4-1-5-9-20/h2-3,6-7H,1,4-5,8-10H2,(H,17,19,21). The molecule has 5 nitrogen and oxygen atoms in total. The van der Waals surface area contributed by atoms with Gasteiger partial charge in [-0.05, 0) is 32.0 Å². The van der Waals surface area contributed by atoms with Crippen molar-refractivity contribution in [2.75, 3.05) is 25.0 Å². The molecule has 1 amide bonds. The Morgan fingerprint density at radius 1 is 1.23 bits per heavy atom. The molecule has 7 heteroatoms. The van der Waals surface area contributed by atoms with Crippen LogP contribution >= 0.6 is 22.9 Å². The van der Waals surface area contributed by atoms with E-state index in [2.05, 4.69) is 20.4 Å². The summed E-state index contributed by atoms with van der Waals surface area (Å²) in [5.74, 6) is -0.0382. The van der Waals surface area contributed by atoms with Gasteiger partial charge in [-0.1, -0.05) is 47.6 Å². The van der Waals surface area contributed by atoms with E-state index in [9.17, 15) is 4.79 Å². The van der Waals surface area contributed by atoms with Crippen molar-refractivity contribution >= 4 is 34.0 Å². The third kappa shape index (κ3) is 3.82. The minimum Gasteiger partial charge on any atom is -0.299 e. The highest BCUT2D eigenvalue weighted by molar-refractivity contribution is 7.18. The van der Waals surface area contributed by atoms with Gasteiger partial charge in [0, 0.05) is 5.56 Å². The number of nitrogens with one attached hydrogen (secondary N) is 1. The lowest BCUT2D eigenvalue weighted by atomic mass is 10.1. The van der Waals surface area contributed by atoms with Crippen LogP contribution in [0.2, 0.25) is 5.02 Å². The van der Waals surface area contributed by atoms with E-state index in [0.29, 0.717) is 21.7 Å². The molecule has 2 heterocycles. The first kappa shape index (κ1) is 15.4. The number of rotatable bonds is 4. The molecular formula is C15H17ClN4OS. The second-order valence-electron chi connectivity index (χ2n) is 5.28. The summed E-state index contributed by atoms with van der Waals surface area (Å²) >= 11 is 7.48. The van der Waals surface area contributed by atoms with Crippen LogP contribution < -0.4 is 5.32 Å². The fourth-order valence-electron chi connectivity index (χ4n) is 2.50. The van der Waals surface area contributed by atoms with Crippen LogP contribution in [0.4, 0.5) is 5.13 Å². The predicted molar refractivity (Wildman–Crippen MR) is 89.3 cm³/mol. The number of carbonyl (C=O) groups excluding carboxylic acids is 1. The lowest BCUT2D eigenvalue weighted by molar-refractivity contribution is -0.117. The number of carbonyl (C=O) groups is 1. The molecule has 0 atom stereocenters. The average molecular weight is 337 g/mol. The fourth-order valence-corrected chi connectivity index (χ4v) is 3.58. The molecule has 2 aromatic rings. The highest BCUT2D eigenvalue weighted by atomic mass is 35.5. The number of nitrogens with zero attached hydrogens (tertiary/aromatic N) is 3. The van der Waals surface area contributed by atoms with Gasteiger partial charge in [-0.2, -0.15) is 0 Å². The Labute approximate surface area is 138 Å². The Bertz CT molecular complexity index is 654. The van der Waals surface area contributed by atoms with Crippen LogP contribution in [0.3, 0.4) is 0 Å². The zero-order valence-electron chi connectivity index (χ0n) is 12.1. The molecule has 1 aromatic carbocycles. The van der Waals surface area contributed by atoms with E-state index in [4.69, 9.17) is 11.6 Å². The highest BCUT2D eigenvalue weighted by Crippen LogP contribution is 2.31. The second-order valence-corrected chi connectivity index (χ2v) is 6.66. The summed E-state index contributed by atoms with van der Waals surface area (Å²) in [5.41, 5.74) is 0.832. The molecule has 3 rings (SSSR count). The summed E-state index contributed by atoms with van der Waals surface area (Å²) in [5, 5.41) is 12.8.